The third-order valence-electron chi connectivity index (χ3n) is 3.59. The van der Waals surface area contributed by atoms with Crippen LogP contribution in [0.25, 0.3) is 0 Å². The summed E-state index contributed by atoms with van der Waals surface area (Å²) in [5.74, 6) is 0. The minimum absolute atomic E-state index is 0.0212. The van der Waals surface area contributed by atoms with Gasteiger partial charge in [-0.05, 0) is 25.0 Å². The van der Waals surface area contributed by atoms with Crippen LogP contribution < -0.4 is 5.56 Å². The van der Waals surface area contributed by atoms with Gasteiger partial charge in [-0.25, -0.2) is 0 Å². The van der Waals surface area contributed by atoms with Gasteiger partial charge in [-0.2, -0.15) is 5.10 Å². The Bertz CT molecular complexity index is 578. The first-order valence-electron chi connectivity index (χ1n) is 6.52. The molecule has 2 aromatic rings. The first-order chi connectivity index (χ1) is 8.83. The molecule has 1 aliphatic carbocycles. The fraction of sp³-hybridized carbons (Fsp3) is 0.429. The monoisotopic (exact) mass is 243 g/mol. The normalized spacial score (nSPS) is 16.2. The molecular formula is C14H17N3O. The molecule has 0 unspecified atom stereocenters. The van der Waals surface area contributed by atoms with Gasteiger partial charge >= 0.3 is 0 Å². The number of hydrogen-bond acceptors (Lipinski definition) is 2. The Morgan fingerprint density at radius 3 is 2.78 bits per heavy atom. The van der Waals surface area contributed by atoms with Crippen LogP contribution in [0.15, 0.2) is 41.5 Å². The van der Waals surface area contributed by atoms with E-state index in [1.807, 2.05) is 18.3 Å². The van der Waals surface area contributed by atoms with Crippen molar-refractivity contribution in [3.05, 3.63) is 52.7 Å². The number of rotatable bonds is 3. The summed E-state index contributed by atoms with van der Waals surface area (Å²) in [6.45, 7) is 0.555. The lowest BCUT2D eigenvalue weighted by atomic mass is 10.3. The average Bonchev–Trinajstić information content (AvgIpc) is 3.02. The average molecular weight is 243 g/mol. The molecule has 3 rings (SSSR count). The molecule has 1 aliphatic rings. The molecule has 4 nitrogen and oxygen atoms in total. The summed E-state index contributed by atoms with van der Waals surface area (Å²) in [5.41, 5.74) is 0.975. The summed E-state index contributed by atoms with van der Waals surface area (Å²) in [6.07, 6.45) is 8.91. The van der Waals surface area contributed by atoms with Gasteiger partial charge in [-0.3, -0.25) is 9.48 Å². The Kier molecular flexibility index (Phi) is 3.00. The number of aromatic nitrogens is 3. The molecule has 4 heteroatoms. The highest BCUT2D eigenvalue weighted by molar-refractivity contribution is 5.03. The van der Waals surface area contributed by atoms with Crippen LogP contribution in [0, 0.1) is 0 Å². The van der Waals surface area contributed by atoms with Crippen molar-refractivity contribution in [1.29, 1.82) is 0 Å². The maximum Gasteiger partial charge on any atom is 0.250 e. The lowest BCUT2D eigenvalue weighted by Gasteiger charge is -2.09. The molecule has 0 atom stereocenters. The Balaban J connectivity index is 1.77. The molecule has 1 saturated carbocycles. The molecule has 0 amide bonds. The van der Waals surface area contributed by atoms with Crippen molar-refractivity contribution in [3.63, 3.8) is 0 Å². The van der Waals surface area contributed by atoms with E-state index in [1.165, 1.54) is 25.7 Å². The van der Waals surface area contributed by atoms with E-state index in [1.54, 1.807) is 22.9 Å². The van der Waals surface area contributed by atoms with E-state index >= 15 is 0 Å². The Morgan fingerprint density at radius 1 is 1.17 bits per heavy atom. The molecule has 0 aliphatic heterocycles. The molecule has 0 N–H and O–H groups in total. The van der Waals surface area contributed by atoms with Crippen molar-refractivity contribution in [2.45, 2.75) is 38.3 Å². The van der Waals surface area contributed by atoms with Gasteiger partial charge in [-0.1, -0.05) is 18.9 Å². The highest BCUT2D eigenvalue weighted by Gasteiger charge is 2.17. The predicted octanol–water partition coefficient (Wildman–Crippen LogP) is 2.21. The Labute approximate surface area is 106 Å². The van der Waals surface area contributed by atoms with E-state index in [4.69, 9.17) is 0 Å². The SMILES string of the molecule is O=c1ccccn1Cc1ccn(C2CCCC2)n1. The van der Waals surface area contributed by atoms with Crippen LogP contribution in [0.2, 0.25) is 0 Å². The van der Waals surface area contributed by atoms with Crippen molar-refractivity contribution >= 4 is 0 Å². The number of pyridine rings is 1. The predicted molar refractivity (Wildman–Crippen MR) is 69.5 cm³/mol. The molecule has 0 saturated heterocycles. The largest absolute Gasteiger partial charge is 0.309 e. The van der Waals surface area contributed by atoms with Crippen LogP contribution in [0.3, 0.4) is 0 Å². The van der Waals surface area contributed by atoms with E-state index in [2.05, 4.69) is 9.78 Å². The molecule has 0 spiro atoms. The van der Waals surface area contributed by atoms with Gasteiger partial charge in [-0.15, -0.1) is 0 Å². The van der Waals surface area contributed by atoms with Crippen LogP contribution in [-0.2, 0) is 6.54 Å². The number of nitrogens with zero attached hydrogens (tertiary/aromatic N) is 3. The van der Waals surface area contributed by atoms with E-state index in [9.17, 15) is 4.79 Å². The van der Waals surface area contributed by atoms with Crippen LogP contribution in [0.1, 0.15) is 37.4 Å². The third-order valence-corrected chi connectivity index (χ3v) is 3.59. The summed E-state index contributed by atoms with van der Waals surface area (Å²) < 4.78 is 3.75. The maximum absolute atomic E-state index is 11.6. The standard InChI is InChI=1S/C14H17N3O/c18-14-7-3-4-9-16(14)11-12-8-10-17(15-12)13-5-1-2-6-13/h3-4,7-10,13H,1-2,5-6,11H2. The van der Waals surface area contributed by atoms with Crippen molar-refractivity contribution in [3.8, 4) is 0 Å². The molecule has 0 radical (unpaired) electrons. The smallest absolute Gasteiger partial charge is 0.250 e. The summed E-state index contributed by atoms with van der Waals surface area (Å²) in [4.78, 5) is 11.6. The van der Waals surface area contributed by atoms with Gasteiger partial charge in [0.15, 0.2) is 0 Å². The second kappa shape index (κ2) is 4.80. The zero-order chi connectivity index (χ0) is 12.4. The molecule has 0 aromatic carbocycles. The number of hydrogen-bond donors (Lipinski definition) is 0. The third kappa shape index (κ3) is 2.23. The Hall–Kier alpha value is -1.84. The second-order valence-electron chi connectivity index (χ2n) is 4.89. The van der Waals surface area contributed by atoms with Gasteiger partial charge in [0.05, 0.1) is 18.3 Å². The molecule has 94 valence electrons. The first kappa shape index (κ1) is 11.3. The van der Waals surface area contributed by atoms with Gasteiger partial charge in [0.2, 0.25) is 0 Å². The topological polar surface area (TPSA) is 39.8 Å². The lowest BCUT2D eigenvalue weighted by Crippen LogP contribution is -2.18. The molecule has 1 fully saturated rings. The Morgan fingerprint density at radius 2 is 2.00 bits per heavy atom. The summed E-state index contributed by atoms with van der Waals surface area (Å²) in [7, 11) is 0. The first-order valence-corrected chi connectivity index (χ1v) is 6.52. The van der Waals surface area contributed by atoms with Crippen molar-refractivity contribution in [2.24, 2.45) is 0 Å². The van der Waals surface area contributed by atoms with E-state index in [0.717, 1.165) is 5.69 Å². The summed E-state index contributed by atoms with van der Waals surface area (Å²) in [5, 5.41) is 4.59. The van der Waals surface area contributed by atoms with Crippen molar-refractivity contribution in [1.82, 2.24) is 14.3 Å². The van der Waals surface area contributed by atoms with Crippen molar-refractivity contribution in [2.75, 3.05) is 0 Å². The fourth-order valence-electron chi connectivity index (χ4n) is 2.60. The van der Waals surface area contributed by atoms with E-state index in [0.29, 0.717) is 12.6 Å². The van der Waals surface area contributed by atoms with Crippen LogP contribution in [0.4, 0.5) is 0 Å². The van der Waals surface area contributed by atoms with E-state index in [-0.39, 0.29) is 5.56 Å². The molecule has 0 bridgehead atoms. The summed E-state index contributed by atoms with van der Waals surface area (Å²) >= 11 is 0. The molecule has 18 heavy (non-hydrogen) atoms. The zero-order valence-electron chi connectivity index (χ0n) is 10.3. The summed E-state index contributed by atoms with van der Waals surface area (Å²) in [6, 6.07) is 7.78. The van der Waals surface area contributed by atoms with Gasteiger partial charge in [0.25, 0.3) is 5.56 Å². The van der Waals surface area contributed by atoms with Crippen molar-refractivity contribution < 1.29 is 0 Å². The van der Waals surface area contributed by atoms with Crippen LogP contribution in [0.5, 0.6) is 0 Å². The van der Waals surface area contributed by atoms with Crippen LogP contribution >= 0.6 is 0 Å². The fourth-order valence-corrected chi connectivity index (χ4v) is 2.60. The lowest BCUT2D eigenvalue weighted by molar-refractivity contribution is 0.461. The quantitative estimate of drug-likeness (QED) is 0.829. The van der Waals surface area contributed by atoms with Gasteiger partial charge in [0.1, 0.15) is 0 Å². The van der Waals surface area contributed by atoms with Crippen LogP contribution in [-0.4, -0.2) is 14.3 Å². The minimum Gasteiger partial charge on any atom is -0.309 e. The molecular weight excluding hydrogens is 226 g/mol. The zero-order valence-corrected chi connectivity index (χ0v) is 10.3. The maximum atomic E-state index is 11.6. The van der Waals surface area contributed by atoms with Gasteiger partial charge in [0, 0.05) is 18.5 Å². The molecule has 2 heterocycles. The molecule has 2 aromatic heterocycles. The minimum atomic E-state index is 0.0212. The highest BCUT2D eigenvalue weighted by Crippen LogP contribution is 2.28. The van der Waals surface area contributed by atoms with Gasteiger partial charge < -0.3 is 4.57 Å². The second-order valence-corrected chi connectivity index (χ2v) is 4.89. The van der Waals surface area contributed by atoms with E-state index < -0.39 is 0 Å². The highest BCUT2D eigenvalue weighted by atomic mass is 16.1.